The summed E-state index contributed by atoms with van der Waals surface area (Å²) in [6, 6.07) is 4.36. The van der Waals surface area contributed by atoms with Crippen LogP contribution in [0, 0.1) is 0 Å². The Hall–Kier alpha value is -1.13. The van der Waals surface area contributed by atoms with Crippen molar-refractivity contribution in [2.75, 3.05) is 31.6 Å². The van der Waals surface area contributed by atoms with Crippen LogP contribution in [0.1, 0.15) is 25.5 Å². The Labute approximate surface area is 103 Å². The molecule has 1 aliphatic rings. The quantitative estimate of drug-likeness (QED) is 0.838. The first-order valence-electron chi connectivity index (χ1n) is 6.17. The van der Waals surface area contributed by atoms with E-state index in [1.165, 1.54) is 0 Å². The van der Waals surface area contributed by atoms with E-state index in [0.717, 1.165) is 31.0 Å². The van der Waals surface area contributed by atoms with Gasteiger partial charge in [-0.1, -0.05) is 6.07 Å². The molecule has 1 aliphatic heterocycles. The number of aliphatic hydroxyl groups is 1. The molecule has 0 aromatic carbocycles. The standard InChI is InChI=1S/C13H21N3O/c1-10-9-16(8-7-15(10)3)13-12(11(2)17)5-4-6-14-13/h4-6,10-11,17H,7-9H2,1-3H3. The molecule has 2 rings (SSSR count). The topological polar surface area (TPSA) is 39.6 Å². The average Bonchev–Trinajstić information content (AvgIpc) is 2.32. The van der Waals surface area contributed by atoms with Crippen LogP contribution in [0.3, 0.4) is 0 Å². The average molecular weight is 235 g/mol. The minimum atomic E-state index is -0.464. The van der Waals surface area contributed by atoms with Crippen LogP contribution in [0.4, 0.5) is 5.82 Å². The van der Waals surface area contributed by atoms with Crippen LogP contribution in [0.2, 0.25) is 0 Å². The number of hydrogen-bond donors (Lipinski definition) is 1. The molecule has 1 aromatic heterocycles. The third-order valence-corrected chi connectivity index (χ3v) is 3.53. The van der Waals surface area contributed by atoms with Gasteiger partial charge in [-0.3, -0.25) is 0 Å². The predicted octanol–water partition coefficient (Wildman–Crippen LogP) is 1.28. The number of nitrogens with zero attached hydrogens (tertiary/aromatic N) is 3. The van der Waals surface area contributed by atoms with Gasteiger partial charge in [0.2, 0.25) is 0 Å². The number of likely N-dealkylation sites (N-methyl/N-ethyl adjacent to an activating group) is 1. The van der Waals surface area contributed by atoms with Crippen LogP contribution in [0.25, 0.3) is 0 Å². The Morgan fingerprint density at radius 1 is 1.47 bits per heavy atom. The van der Waals surface area contributed by atoms with Gasteiger partial charge >= 0.3 is 0 Å². The molecule has 0 radical (unpaired) electrons. The molecule has 4 heteroatoms. The van der Waals surface area contributed by atoms with E-state index in [2.05, 4.69) is 28.8 Å². The zero-order valence-electron chi connectivity index (χ0n) is 10.8. The summed E-state index contributed by atoms with van der Waals surface area (Å²) in [6.45, 7) is 6.99. The van der Waals surface area contributed by atoms with Crippen molar-refractivity contribution in [3.63, 3.8) is 0 Å². The Balaban J connectivity index is 2.22. The maximum absolute atomic E-state index is 9.78. The number of hydrogen-bond acceptors (Lipinski definition) is 4. The number of anilines is 1. The van der Waals surface area contributed by atoms with Gasteiger partial charge in [0.25, 0.3) is 0 Å². The first kappa shape index (κ1) is 12.3. The van der Waals surface area contributed by atoms with Crippen LogP contribution >= 0.6 is 0 Å². The smallest absolute Gasteiger partial charge is 0.134 e. The molecule has 17 heavy (non-hydrogen) atoms. The fraction of sp³-hybridized carbons (Fsp3) is 0.615. The summed E-state index contributed by atoms with van der Waals surface area (Å²) in [5.74, 6) is 0.933. The van der Waals surface area contributed by atoms with E-state index in [0.29, 0.717) is 6.04 Å². The fourth-order valence-electron chi connectivity index (χ4n) is 2.24. The van der Waals surface area contributed by atoms with Crippen LogP contribution in [0.5, 0.6) is 0 Å². The van der Waals surface area contributed by atoms with Gasteiger partial charge in [0, 0.05) is 37.4 Å². The first-order chi connectivity index (χ1) is 8.09. The van der Waals surface area contributed by atoms with Crippen molar-refractivity contribution in [1.29, 1.82) is 0 Å². The second-order valence-electron chi connectivity index (χ2n) is 4.87. The summed E-state index contributed by atoms with van der Waals surface area (Å²) < 4.78 is 0. The predicted molar refractivity (Wildman–Crippen MR) is 69.2 cm³/mol. The Bertz CT molecular complexity index is 381. The Morgan fingerprint density at radius 3 is 2.88 bits per heavy atom. The lowest BCUT2D eigenvalue weighted by Crippen LogP contribution is -2.50. The molecule has 2 atom stereocenters. The van der Waals surface area contributed by atoms with Gasteiger partial charge in [0.15, 0.2) is 0 Å². The molecule has 0 aliphatic carbocycles. The third kappa shape index (κ3) is 2.58. The van der Waals surface area contributed by atoms with E-state index in [9.17, 15) is 5.11 Å². The minimum absolute atomic E-state index is 0.464. The van der Waals surface area contributed by atoms with E-state index in [1.54, 1.807) is 13.1 Å². The maximum atomic E-state index is 9.78. The molecular formula is C13H21N3O. The number of rotatable bonds is 2. The maximum Gasteiger partial charge on any atom is 0.134 e. The summed E-state index contributed by atoms with van der Waals surface area (Å²) in [7, 11) is 2.15. The van der Waals surface area contributed by atoms with E-state index >= 15 is 0 Å². The largest absolute Gasteiger partial charge is 0.389 e. The van der Waals surface area contributed by atoms with Gasteiger partial charge in [-0.15, -0.1) is 0 Å². The van der Waals surface area contributed by atoms with Crippen molar-refractivity contribution in [2.24, 2.45) is 0 Å². The molecule has 4 nitrogen and oxygen atoms in total. The highest BCUT2D eigenvalue weighted by atomic mass is 16.3. The normalized spacial score (nSPS) is 23.8. The first-order valence-corrected chi connectivity index (χ1v) is 6.17. The fourth-order valence-corrected chi connectivity index (χ4v) is 2.24. The van der Waals surface area contributed by atoms with Crippen molar-refractivity contribution in [1.82, 2.24) is 9.88 Å². The highest BCUT2D eigenvalue weighted by Gasteiger charge is 2.23. The number of pyridine rings is 1. The van der Waals surface area contributed by atoms with Crippen molar-refractivity contribution in [2.45, 2.75) is 26.0 Å². The third-order valence-electron chi connectivity index (χ3n) is 3.53. The molecular weight excluding hydrogens is 214 g/mol. The molecule has 2 unspecified atom stereocenters. The van der Waals surface area contributed by atoms with Gasteiger partial charge in [-0.05, 0) is 27.0 Å². The SMILES string of the molecule is CC(O)c1cccnc1N1CCN(C)C(C)C1. The summed E-state index contributed by atoms with van der Waals surface area (Å²) in [4.78, 5) is 9.05. The summed E-state index contributed by atoms with van der Waals surface area (Å²) in [5, 5.41) is 9.78. The van der Waals surface area contributed by atoms with Crippen LogP contribution < -0.4 is 4.90 Å². The molecule has 0 spiro atoms. The highest BCUT2D eigenvalue weighted by molar-refractivity contribution is 5.48. The van der Waals surface area contributed by atoms with Crippen molar-refractivity contribution < 1.29 is 5.11 Å². The molecule has 94 valence electrons. The van der Waals surface area contributed by atoms with Crippen molar-refractivity contribution in [3.8, 4) is 0 Å². The van der Waals surface area contributed by atoms with Gasteiger partial charge in [-0.25, -0.2) is 4.98 Å². The van der Waals surface area contributed by atoms with Gasteiger partial charge in [0.05, 0.1) is 6.10 Å². The monoisotopic (exact) mass is 235 g/mol. The molecule has 1 saturated heterocycles. The molecule has 0 amide bonds. The molecule has 2 heterocycles. The second-order valence-corrected chi connectivity index (χ2v) is 4.87. The van der Waals surface area contributed by atoms with E-state index in [4.69, 9.17) is 0 Å². The van der Waals surface area contributed by atoms with E-state index in [1.807, 2.05) is 12.1 Å². The van der Waals surface area contributed by atoms with Crippen LogP contribution in [0.15, 0.2) is 18.3 Å². The lowest BCUT2D eigenvalue weighted by molar-refractivity contribution is 0.197. The lowest BCUT2D eigenvalue weighted by Gasteiger charge is -2.39. The van der Waals surface area contributed by atoms with Gasteiger partial charge < -0.3 is 14.9 Å². The lowest BCUT2D eigenvalue weighted by atomic mass is 10.1. The summed E-state index contributed by atoms with van der Waals surface area (Å²) >= 11 is 0. The molecule has 1 N–H and O–H groups in total. The minimum Gasteiger partial charge on any atom is -0.389 e. The number of aromatic nitrogens is 1. The summed E-state index contributed by atoms with van der Waals surface area (Å²) in [5.41, 5.74) is 0.921. The Kier molecular flexibility index (Phi) is 3.64. The zero-order chi connectivity index (χ0) is 12.4. The van der Waals surface area contributed by atoms with Crippen LogP contribution in [-0.2, 0) is 0 Å². The van der Waals surface area contributed by atoms with E-state index in [-0.39, 0.29) is 0 Å². The number of piperazine rings is 1. The number of aliphatic hydroxyl groups excluding tert-OH is 1. The van der Waals surface area contributed by atoms with Crippen molar-refractivity contribution in [3.05, 3.63) is 23.9 Å². The molecule has 0 bridgehead atoms. The molecule has 1 fully saturated rings. The van der Waals surface area contributed by atoms with Gasteiger partial charge in [0.1, 0.15) is 5.82 Å². The Morgan fingerprint density at radius 2 is 2.24 bits per heavy atom. The van der Waals surface area contributed by atoms with Gasteiger partial charge in [-0.2, -0.15) is 0 Å². The molecule has 1 aromatic rings. The second kappa shape index (κ2) is 5.02. The van der Waals surface area contributed by atoms with E-state index < -0.39 is 6.10 Å². The van der Waals surface area contributed by atoms with Crippen LogP contribution in [-0.4, -0.2) is 47.7 Å². The zero-order valence-corrected chi connectivity index (χ0v) is 10.8. The highest BCUT2D eigenvalue weighted by Crippen LogP contribution is 2.25. The van der Waals surface area contributed by atoms with Crippen molar-refractivity contribution >= 4 is 5.82 Å². The molecule has 0 saturated carbocycles. The summed E-state index contributed by atoms with van der Waals surface area (Å²) in [6.07, 6.45) is 1.33.